The van der Waals surface area contributed by atoms with Crippen LogP contribution in [0.3, 0.4) is 0 Å². The molecule has 0 bridgehead atoms. The molecule has 0 saturated carbocycles. The Morgan fingerprint density at radius 2 is 1.00 bits per heavy atom. The molecule has 1 rings (SSSR count). The van der Waals surface area contributed by atoms with Crippen LogP contribution in [0.25, 0.3) is 0 Å². The predicted molar refractivity (Wildman–Crippen MR) is 65.9 cm³/mol. The van der Waals surface area contributed by atoms with Crippen molar-refractivity contribution in [3.05, 3.63) is 11.1 Å². The smallest absolute Gasteiger partial charge is 0.0853 e. The molecule has 0 fully saturated rings. The lowest BCUT2D eigenvalue weighted by molar-refractivity contribution is -0.0608. The predicted octanol–water partition coefficient (Wildman–Crippen LogP) is 4.18. The lowest BCUT2D eigenvalue weighted by atomic mass is 9.79. The fourth-order valence-corrected chi connectivity index (χ4v) is 3.41. The summed E-state index contributed by atoms with van der Waals surface area (Å²) in [4.78, 5) is 0. The van der Waals surface area contributed by atoms with Gasteiger partial charge < -0.3 is 4.74 Å². The van der Waals surface area contributed by atoms with Gasteiger partial charge in [0.1, 0.15) is 0 Å². The van der Waals surface area contributed by atoms with Gasteiger partial charge in [0.15, 0.2) is 0 Å². The van der Waals surface area contributed by atoms with Crippen LogP contribution in [0.4, 0.5) is 0 Å². The summed E-state index contributed by atoms with van der Waals surface area (Å²) in [6, 6.07) is 0. The van der Waals surface area contributed by atoms with E-state index in [0.29, 0.717) is 11.8 Å². The van der Waals surface area contributed by atoms with Crippen LogP contribution in [0.5, 0.6) is 0 Å². The highest BCUT2D eigenvalue weighted by atomic mass is 16.5. The van der Waals surface area contributed by atoms with E-state index in [2.05, 4.69) is 55.4 Å². The van der Waals surface area contributed by atoms with Crippen LogP contribution in [0.2, 0.25) is 0 Å². The number of hydrogen-bond acceptors (Lipinski definition) is 1. The third kappa shape index (κ3) is 2.13. The highest BCUT2D eigenvalue weighted by Crippen LogP contribution is 2.47. The molecular formula is C14H26O. The zero-order valence-electron chi connectivity index (χ0n) is 11.6. The number of hydrogen-bond donors (Lipinski definition) is 0. The van der Waals surface area contributed by atoms with Gasteiger partial charge in [0.2, 0.25) is 0 Å². The summed E-state index contributed by atoms with van der Waals surface area (Å²) in [6.07, 6.45) is 0. The van der Waals surface area contributed by atoms with Crippen molar-refractivity contribution in [3.8, 4) is 0 Å². The largest absolute Gasteiger partial charge is 0.361 e. The van der Waals surface area contributed by atoms with E-state index in [1.807, 2.05) is 0 Å². The molecule has 1 aliphatic heterocycles. The minimum Gasteiger partial charge on any atom is -0.361 e. The maximum Gasteiger partial charge on any atom is 0.0853 e. The van der Waals surface area contributed by atoms with Crippen LogP contribution in [0.15, 0.2) is 11.1 Å². The topological polar surface area (TPSA) is 9.23 Å². The first-order valence-electron chi connectivity index (χ1n) is 6.04. The quantitative estimate of drug-likeness (QED) is 0.621. The van der Waals surface area contributed by atoms with Gasteiger partial charge >= 0.3 is 0 Å². The van der Waals surface area contributed by atoms with E-state index in [-0.39, 0.29) is 11.2 Å². The Kier molecular flexibility index (Phi) is 3.08. The molecule has 0 atom stereocenters. The second kappa shape index (κ2) is 3.62. The summed E-state index contributed by atoms with van der Waals surface area (Å²) in [5.74, 6) is 1.14. The molecule has 0 spiro atoms. The summed E-state index contributed by atoms with van der Waals surface area (Å²) in [5, 5.41) is 0. The molecule has 0 unspecified atom stereocenters. The Bertz CT molecular complexity index is 252. The standard InChI is InChI=1S/C14H26O/c1-9(2)11-12(10(3)4)14(7,8)15-13(11,5)6/h9-10H,1-8H3. The summed E-state index contributed by atoms with van der Waals surface area (Å²) in [5.41, 5.74) is 2.80. The molecule has 0 N–H and O–H groups in total. The first-order chi connectivity index (χ1) is 6.59. The number of ether oxygens (including phenoxy) is 1. The molecule has 0 radical (unpaired) electrons. The van der Waals surface area contributed by atoms with E-state index in [4.69, 9.17) is 4.74 Å². The van der Waals surface area contributed by atoms with Crippen LogP contribution in [-0.2, 0) is 4.74 Å². The Labute approximate surface area is 94.9 Å². The van der Waals surface area contributed by atoms with Gasteiger partial charge in [0, 0.05) is 0 Å². The van der Waals surface area contributed by atoms with Gasteiger partial charge in [-0.2, -0.15) is 0 Å². The third-order valence-electron chi connectivity index (χ3n) is 3.25. The minimum atomic E-state index is -0.0999. The molecule has 0 aromatic carbocycles. The van der Waals surface area contributed by atoms with Crippen LogP contribution in [0, 0.1) is 11.8 Å². The van der Waals surface area contributed by atoms with E-state index < -0.39 is 0 Å². The van der Waals surface area contributed by atoms with Crippen molar-refractivity contribution < 1.29 is 4.74 Å². The Morgan fingerprint density at radius 1 is 0.733 bits per heavy atom. The molecule has 0 saturated heterocycles. The Balaban J connectivity index is 3.34. The van der Waals surface area contributed by atoms with Gasteiger partial charge in [0.05, 0.1) is 11.2 Å². The molecule has 1 nitrogen and oxygen atoms in total. The van der Waals surface area contributed by atoms with E-state index in [1.54, 1.807) is 0 Å². The van der Waals surface area contributed by atoms with Crippen molar-refractivity contribution >= 4 is 0 Å². The van der Waals surface area contributed by atoms with Crippen molar-refractivity contribution in [2.45, 2.75) is 66.6 Å². The Hall–Kier alpha value is -0.300. The molecule has 1 heterocycles. The second-order valence-corrected chi connectivity index (χ2v) is 6.26. The second-order valence-electron chi connectivity index (χ2n) is 6.26. The van der Waals surface area contributed by atoms with Gasteiger partial charge in [-0.25, -0.2) is 0 Å². The summed E-state index contributed by atoms with van der Waals surface area (Å²) in [6.45, 7) is 17.8. The molecule has 1 aliphatic rings. The van der Waals surface area contributed by atoms with Crippen molar-refractivity contribution in [2.75, 3.05) is 0 Å². The highest BCUT2D eigenvalue weighted by molar-refractivity contribution is 5.36. The molecule has 1 heteroatoms. The zero-order chi connectivity index (χ0) is 12.0. The van der Waals surface area contributed by atoms with Crippen LogP contribution >= 0.6 is 0 Å². The molecule has 88 valence electrons. The molecule has 0 aromatic heterocycles. The van der Waals surface area contributed by atoms with Crippen molar-refractivity contribution in [1.82, 2.24) is 0 Å². The SMILES string of the molecule is CC(C)C1=C(C(C)C)C(C)(C)OC1(C)C. The zero-order valence-corrected chi connectivity index (χ0v) is 11.6. The number of rotatable bonds is 2. The monoisotopic (exact) mass is 210 g/mol. The van der Waals surface area contributed by atoms with Crippen LogP contribution < -0.4 is 0 Å². The van der Waals surface area contributed by atoms with Crippen LogP contribution in [-0.4, -0.2) is 11.2 Å². The van der Waals surface area contributed by atoms with E-state index in [1.165, 1.54) is 11.1 Å². The van der Waals surface area contributed by atoms with Crippen molar-refractivity contribution in [3.63, 3.8) is 0 Å². The van der Waals surface area contributed by atoms with Gasteiger partial charge in [-0.15, -0.1) is 0 Å². The minimum absolute atomic E-state index is 0.0999. The fraction of sp³-hybridized carbons (Fsp3) is 0.857. The summed E-state index contributed by atoms with van der Waals surface area (Å²) in [7, 11) is 0. The molecule has 0 aliphatic carbocycles. The average molecular weight is 210 g/mol. The first-order valence-corrected chi connectivity index (χ1v) is 6.04. The van der Waals surface area contributed by atoms with E-state index in [9.17, 15) is 0 Å². The maximum absolute atomic E-state index is 6.21. The van der Waals surface area contributed by atoms with Crippen LogP contribution in [0.1, 0.15) is 55.4 Å². The van der Waals surface area contributed by atoms with Gasteiger partial charge in [0.25, 0.3) is 0 Å². The fourth-order valence-electron chi connectivity index (χ4n) is 3.41. The third-order valence-corrected chi connectivity index (χ3v) is 3.25. The summed E-state index contributed by atoms with van der Waals surface area (Å²) >= 11 is 0. The lowest BCUT2D eigenvalue weighted by Gasteiger charge is -2.29. The molecule has 0 amide bonds. The van der Waals surface area contributed by atoms with E-state index in [0.717, 1.165) is 0 Å². The highest BCUT2D eigenvalue weighted by Gasteiger charge is 2.46. The van der Waals surface area contributed by atoms with Crippen molar-refractivity contribution in [2.24, 2.45) is 11.8 Å². The first kappa shape index (κ1) is 12.8. The van der Waals surface area contributed by atoms with Gasteiger partial charge in [-0.3, -0.25) is 0 Å². The lowest BCUT2D eigenvalue weighted by Crippen LogP contribution is -2.31. The van der Waals surface area contributed by atoms with Crippen molar-refractivity contribution in [1.29, 1.82) is 0 Å². The normalized spacial score (nSPS) is 24.4. The average Bonchev–Trinajstić information content (AvgIpc) is 2.13. The maximum atomic E-state index is 6.21. The summed E-state index contributed by atoms with van der Waals surface area (Å²) < 4.78 is 6.21. The Morgan fingerprint density at radius 3 is 1.20 bits per heavy atom. The molecular weight excluding hydrogens is 184 g/mol. The van der Waals surface area contributed by atoms with Gasteiger partial charge in [-0.05, 0) is 50.7 Å². The molecule has 0 aromatic rings. The molecule has 15 heavy (non-hydrogen) atoms. The van der Waals surface area contributed by atoms with E-state index >= 15 is 0 Å². The van der Waals surface area contributed by atoms with Gasteiger partial charge in [-0.1, -0.05) is 27.7 Å².